The minimum Gasteiger partial charge on any atom is -0.497 e. The average molecular weight is 344 g/mol. The summed E-state index contributed by atoms with van der Waals surface area (Å²) in [7, 11) is 3.16. The van der Waals surface area contributed by atoms with Crippen LogP contribution in [0, 0.1) is 0 Å². The number of para-hydroxylation sites is 2. The largest absolute Gasteiger partial charge is 0.497 e. The number of anilines is 2. The van der Waals surface area contributed by atoms with Gasteiger partial charge in [0.05, 0.1) is 38.2 Å². The van der Waals surface area contributed by atoms with E-state index in [1.807, 2.05) is 38.1 Å². The SMILES string of the molecule is COc1ccc(OC)c(NCC(=O)Nc2ccccc2OC(C)C)c1. The molecule has 0 spiro atoms. The maximum atomic E-state index is 12.3. The molecule has 0 aliphatic heterocycles. The molecule has 0 aliphatic rings. The lowest BCUT2D eigenvalue weighted by molar-refractivity contribution is -0.114. The van der Waals surface area contributed by atoms with Crippen molar-refractivity contribution in [3.63, 3.8) is 0 Å². The smallest absolute Gasteiger partial charge is 0.243 e. The molecule has 1 amide bonds. The van der Waals surface area contributed by atoms with Gasteiger partial charge < -0.3 is 24.8 Å². The van der Waals surface area contributed by atoms with Gasteiger partial charge >= 0.3 is 0 Å². The van der Waals surface area contributed by atoms with Gasteiger partial charge in [-0.15, -0.1) is 0 Å². The molecule has 0 aromatic heterocycles. The third-order valence-corrected chi connectivity index (χ3v) is 3.37. The summed E-state index contributed by atoms with van der Waals surface area (Å²) in [6.07, 6.45) is 0.0252. The lowest BCUT2D eigenvalue weighted by Gasteiger charge is -2.16. The highest BCUT2D eigenvalue weighted by atomic mass is 16.5. The van der Waals surface area contributed by atoms with E-state index < -0.39 is 0 Å². The molecule has 2 N–H and O–H groups in total. The number of nitrogens with one attached hydrogen (secondary N) is 2. The van der Waals surface area contributed by atoms with Crippen LogP contribution in [-0.4, -0.2) is 32.8 Å². The van der Waals surface area contributed by atoms with E-state index in [0.29, 0.717) is 28.6 Å². The minimum absolute atomic E-state index is 0.0252. The molecule has 0 bridgehead atoms. The summed E-state index contributed by atoms with van der Waals surface area (Å²) in [6, 6.07) is 12.7. The van der Waals surface area contributed by atoms with Crippen LogP contribution in [0.25, 0.3) is 0 Å². The molecule has 0 aliphatic carbocycles. The second-order valence-corrected chi connectivity index (χ2v) is 5.63. The van der Waals surface area contributed by atoms with Crippen molar-refractivity contribution in [1.82, 2.24) is 0 Å². The molecule has 2 aromatic rings. The van der Waals surface area contributed by atoms with Crippen molar-refractivity contribution < 1.29 is 19.0 Å². The molecule has 25 heavy (non-hydrogen) atoms. The van der Waals surface area contributed by atoms with Crippen molar-refractivity contribution in [2.24, 2.45) is 0 Å². The van der Waals surface area contributed by atoms with E-state index in [4.69, 9.17) is 14.2 Å². The van der Waals surface area contributed by atoms with Crippen LogP contribution in [-0.2, 0) is 4.79 Å². The summed E-state index contributed by atoms with van der Waals surface area (Å²) < 4.78 is 16.2. The zero-order chi connectivity index (χ0) is 18.2. The molecule has 2 aromatic carbocycles. The van der Waals surface area contributed by atoms with Crippen molar-refractivity contribution in [3.05, 3.63) is 42.5 Å². The zero-order valence-electron chi connectivity index (χ0n) is 15.0. The van der Waals surface area contributed by atoms with Crippen LogP contribution in [0.5, 0.6) is 17.2 Å². The normalized spacial score (nSPS) is 10.3. The summed E-state index contributed by atoms with van der Waals surface area (Å²) in [5, 5.41) is 5.92. The van der Waals surface area contributed by atoms with Gasteiger partial charge in [0.15, 0.2) is 0 Å². The van der Waals surface area contributed by atoms with Crippen LogP contribution >= 0.6 is 0 Å². The van der Waals surface area contributed by atoms with Crippen molar-refractivity contribution in [1.29, 1.82) is 0 Å². The highest BCUT2D eigenvalue weighted by Gasteiger charge is 2.10. The molecule has 0 saturated carbocycles. The van der Waals surface area contributed by atoms with Gasteiger partial charge in [0.2, 0.25) is 5.91 Å². The van der Waals surface area contributed by atoms with Crippen molar-refractivity contribution in [3.8, 4) is 17.2 Å². The lowest BCUT2D eigenvalue weighted by Crippen LogP contribution is -2.22. The summed E-state index contributed by atoms with van der Waals surface area (Å²) in [5.74, 6) is 1.77. The number of ether oxygens (including phenoxy) is 3. The van der Waals surface area contributed by atoms with E-state index in [9.17, 15) is 4.79 Å². The fraction of sp³-hybridized carbons (Fsp3) is 0.316. The molecule has 0 radical (unpaired) electrons. The van der Waals surface area contributed by atoms with Crippen molar-refractivity contribution in [2.75, 3.05) is 31.4 Å². The van der Waals surface area contributed by atoms with Gasteiger partial charge in [-0.05, 0) is 38.1 Å². The molecule has 0 atom stereocenters. The van der Waals surface area contributed by atoms with Crippen molar-refractivity contribution in [2.45, 2.75) is 20.0 Å². The average Bonchev–Trinajstić information content (AvgIpc) is 2.61. The van der Waals surface area contributed by atoms with E-state index in [-0.39, 0.29) is 18.6 Å². The van der Waals surface area contributed by atoms with E-state index in [0.717, 1.165) is 0 Å². The summed E-state index contributed by atoms with van der Waals surface area (Å²) in [6.45, 7) is 3.96. The molecule has 0 fully saturated rings. The summed E-state index contributed by atoms with van der Waals surface area (Å²) in [5.41, 5.74) is 1.32. The van der Waals surface area contributed by atoms with E-state index in [1.54, 1.807) is 32.4 Å². The standard InChI is InChI=1S/C19H24N2O4/c1-13(2)25-18-8-6-5-7-15(18)21-19(22)12-20-16-11-14(23-3)9-10-17(16)24-4/h5-11,13,20H,12H2,1-4H3,(H,21,22). The lowest BCUT2D eigenvalue weighted by atomic mass is 10.2. The Balaban J connectivity index is 2.02. The van der Waals surface area contributed by atoms with Crippen LogP contribution in [0.1, 0.15) is 13.8 Å². The molecule has 134 valence electrons. The Kier molecular flexibility index (Phi) is 6.51. The highest BCUT2D eigenvalue weighted by molar-refractivity contribution is 5.95. The number of amides is 1. The molecule has 0 saturated heterocycles. The van der Waals surface area contributed by atoms with Crippen LogP contribution in [0.2, 0.25) is 0 Å². The third-order valence-electron chi connectivity index (χ3n) is 3.37. The first-order chi connectivity index (χ1) is 12.0. The Labute approximate surface area is 148 Å². The number of carbonyl (C=O) groups is 1. The highest BCUT2D eigenvalue weighted by Crippen LogP contribution is 2.29. The van der Waals surface area contributed by atoms with Gasteiger partial charge in [-0.25, -0.2) is 0 Å². The Morgan fingerprint density at radius 1 is 1.00 bits per heavy atom. The van der Waals surface area contributed by atoms with Crippen LogP contribution in [0.15, 0.2) is 42.5 Å². The van der Waals surface area contributed by atoms with Gasteiger partial charge in [-0.2, -0.15) is 0 Å². The van der Waals surface area contributed by atoms with Gasteiger partial charge in [0, 0.05) is 6.07 Å². The van der Waals surface area contributed by atoms with E-state index >= 15 is 0 Å². The maximum Gasteiger partial charge on any atom is 0.243 e. The second kappa shape index (κ2) is 8.82. The van der Waals surface area contributed by atoms with Gasteiger partial charge in [0.1, 0.15) is 17.2 Å². The second-order valence-electron chi connectivity index (χ2n) is 5.63. The van der Waals surface area contributed by atoms with E-state index in [1.165, 1.54) is 0 Å². The minimum atomic E-state index is -0.190. The van der Waals surface area contributed by atoms with Crippen LogP contribution in [0.3, 0.4) is 0 Å². The number of carbonyl (C=O) groups excluding carboxylic acids is 1. The monoisotopic (exact) mass is 344 g/mol. The first-order valence-corrected chi connectivity index (χ1v) is 8.05. The maximum absolute atomic E-state index is 12.3. The molecule has 0 unspecified atom stereocenters. The van der Waals surface area contributed by atoms with Gasteiger partial charge in [-0.3, -0.25) is 4.79 Å². The number of rotatable bonds is 8. The summed E-state index contributed by atoms with van der Waals surface area (Å²) >= 11 is 0. The molecular weight excluding hydrogens is 320 g/mol. The first-order valence-electron chi connectivity index (χ1n) is 8.05. The fourth-order valence-corrected chi connectivity index (χ4v) is 2.25. The number of methoxy groups -OCH3 is 2. The number of benzene rings is 2. The quantitative estimate of drug-likeness (QED) is 0.766. The molecule has 6 nitrogen and oxygen atoms in total. The van der Waals surface area contributed by atoms with Gasteiger partial charge in [0.25, 0.3) is 0 Å². The van der Waals surface area contributed by atoms with Crippen molar-refractivity contribution >= 4 is 17.3 Å². The Hall–Kier alpha value is -2.89. The predicted molar refractivity (Wildman–Crippen MR) is 98.9 cm³/mol. The predicted octanol–water partition coefficient (Wildman–Crippen LogP) is 3.54. The zero-order valence-corrected chi connectivity index (χ0v) is 15.0. The van der Waals surface area contributed by atoms with Crippen LogP contribution < -0.4 is 24.8 Å². The molecule has 0 heterocycles. The van der Waals surface area contributed by atoms with Crippen LogP contribution in [0.4, 0.5) is 11.4 Å². The number of hydrogen-bond donors (Lipinski definition) is 2. The van der Waals surface area contributed by atoms with E-state index in [2.05, 4.69) is 10.6 Å². The topological polar surface area (TPSA) is 68.8 Å². The number of hydrogen-bond acceptors (Lipinski definition) is 5. The first kappa shape index (κ1) is 18.4. The molecule has 2 rings (SSSR count). The third kappa shape index (κ3) is 5.31. The molecule has 6 heteroatoms. The van der Waals surface area contributed by atoms with Gasteiger partial charge in [-0.1, -0.05) is 12.1 Å². The molecular formula is C19H24N2O4. The summed E-state index contributed by atoms with van der Waals surface area (Å²) in [4.78, 5) is 12.3. The Bertz CT molecular complexity index is 716. The fourth-order valence-electron chi connectivity index (χ4n) is 2.25. The Morgan fingerprint density at radius 2 is 1.76 bits per heavy atom. The Morgan fingerprint density at radius 3 is 2.44 bits per heavy atom.